The van der Waals surface area contributed by atoms with Gasteiger partial charge in [-0.3, -0.25) is 9.48 Å². The zero-order valence-electron chi connectivity index (χ0n) is 20.2. The molecule has 4 aliphatic rings. The first-order valence-corrected chi connectivity index (χ1v) is 13.4. The minimum atomic E-state index is 0.213. The number of fused-ring (bicyclic) bond motifs is 6. The summed E-state index contributed by atoms with van der Waals surface area (Å²) in [5, 5.41) is 5.92. The van der Waals surface area contributed by atoms with Crippen molar-refractivity contribution in [3.63, 3.8) is 0 Å². The van der Waals surface area contributed by atoms with Gasteiger partial charge in [0.2, 0.25) is 0 Å². The van der Waals surface area contributed by atoms with E-state index in [1.165, 1.54) is 56.8 Å². The summed E-state index contributed by atoms with van der Waals surface area (Å²) in [5.74, 6) is 6.19. The van der Waals surface area contributed by atoms with E-state index < -0.39 is 0 Å². The van der Waals surface area contributed by atoms with Crippen LogP contribution >= 0.6 is 0 Å². The zero-order chi connectivity index (χ0) is 22.0. The normalized spacial score (nSPS) is 41.2. The zero-order valence-corrected chi connectivity index (χ0v) is 20.2. The van der Waals surface area contributed by atoms with E-state index in [0.29, 0.717) is 12.3 Å². The first kappa shape index (κ1) is 20.9. The van der Waals surface area contributed by atoms with Crippen molar-refractivity contribution in [3.8, 4) is 0 Å². The first-order valence-electron chi connectivity index (χ1n) is 13.4. The lowest BCUT2D eigenvalue weighted by Gasteiger charge is -2.56. The first-order chi connectivity index (χ1) is 15.5. The van der Waals surface area contributed by atoms with Crippen molar-refractivity contribution in [1.82, 2.24) is 9.78 Å². The number of para-hydroxylation sites is 1. The summed E-state index contributed by atoms with van der Waals surface area (Å²) >= 11 is 0. The van der Waals surface area contributed by atoms with Crippen molar-refractivity contribution in [2.75, 3.05) is 0 Å². The Hall–Kier alpha value is -1.64. The molecule has 1 heterocycles. The average Bonchev–Trinajstić information content (AvgIpc) is 3.30. The van der Waals surface area contributed by atoms with Crippen molar-refractivity contribution < 1.29 is 4.79 Å². The van der Waals surface area contributed by atoms with Crippen LogP contribution in [0.1, 0.15) is 77.3 Å². The Bertz CT molecular complexity index is 1020. The van der Waals surface area contributed by atoms with Crippen LogP contribution in [0.25, 0.3) is 10.9 Å². The third-order valence-corrected chi connectivity index (χ3v) is 10.8. The van der Waals surface area contributed by atoms with Gasteiger partial charge in [-0.2, -0.15) is 5.10 Å². The summed E-state index contributed by atoms with van der Waals surface area (Å²) in [5.41, 5.74) is 2.35. The largest absolute Gasteiger partial charge is 0.297 e. The molecule has 8 atom stereocenters. The number of Topliss-reactive ketones (excluding diaryl/α,β-unsaturated/α-hetero) is 1. The van der Waals surface area contributed by atoms with Gasteiger partial charge in [0.1, 0.15) is 6.54 Å². The molecule has 3 heteroatoms. The molecular formula is C29H40N2O. The van der Waals surface area contributed by atoms with Crippen molar-refractivity contribution in [2.45, 2.75) is 85.1 Å². The molecule has 6 rings (SSSR count). The fraction of sp³-hybridized carbons (Fsp3) is 0.724. The van der Waals surface area contributed by atoms with Gasteiger partial charge in [0.15, 0.2) is 5.78 Å². The van der Waals surface area contributed by atoms with Crippen LogP contribution in [0.3, 0.4) is 0 Å². The van der Waals surface area contributed by atoms with Gasteiger partial charge in [-0.25, -0.2) is 0 Å². The molecule has 4 aliphatic carbocycles. The van der Waals surface area contributed by atoms with Crippen molar-refractivity contribution in [2.24, 2.45) is 46.8 Å². The van der Waals surface area contributed by atoms with Crippen LogP contribution in [-0.2, 0) is 11.3 Å². The van der Waals surface area contributed by atoms with E-state index in [9.17, 15) is 4.79 Å². The molecule has 0 N–H and O–H groups in total. The molecule has 1 aromatic carbocycles. The molecule has 3 nitrogen and oxygen atoms in total. The Labute approximate surface area is 193 Å². The molecule has 172 valence electrons. The molecule has 32 heavy (non-hydrogen) atoms. The number of hydrogen-bond donors (Lipinski definition) is 0. The van der Waals surface area contributed by atoms with E-state index in [4.69, 9.17) is 5.10 Å². The van der Waals surface area contributed by atoms with Crippen LogP contribution in [-0.4, -0.2) is 15.6 Å². The quantitative estimate of drug-likeness (QED) is 0.533. The number of nitrogens with zero attached hydrogens (tertiary/aromatic N) is 2. The lowest BCUT2D eigenvalue weighted by Crippen LogP contribution is -2.49. The summed E-state index contributed by atoms with van der Waals surface area (Å²) in [6.07, 6.45) is 12.3. The second kappa shape index (κ2) is 7.71. The van der Waals surface area contributed by atoms with Gasteiger partial charge in [-0.15, -0.1) is 0 Å². The molecule has 0 aliphatic heterocycles. The van der Waals surface area contributed by atoms with E-state index in [1.54, 1.807) is 0 Å². The fourth-order valence-electron chi connectivity index (χ4n) is 9.29. The van der Waals surface area contributed by atoms with Gasteiger partial charge < -0.3 is 0 Å². The Kier molecular flexibility index (Phi) is 5.04. The molecule has 1 aromatic heterocycles. The second-order valence-corrected chi connectivity index (χ2v) is 12.3. The maximum atomic E-state index is 13.7. The fourth-order valence-corrected chi connectivity index (χ4v) is 9.29. The van der Waals surface area contributed by atoms with Gasteiger partial charge >= 0.3 is 0 Å². The monoisotopic (exact) mass is 432 g/mol. The van der Waals surface area contributed by atoms with Crippen LogP contribution in [0.4, 0.5) is 0 Å². The highest BCUT2D eigenvalue weighted by atomic mass is 16.1. The molecule has 0 saturated heterocycles. The molecule has 8 unspecified atom stereocenters. The van der Waals surface area contributed by atoms with Crippen LogP contribution in [0.5, 0.6) is 0 Å². The summed E-state index contributed by atoms with van der Waals surface area (Å²) in [6.45, 7) is 7.46. The minimum Gasteiger partial charge on any atom is -0.297 e. The molecule has 0 radical (unpaired) electrons. The lowest BCUT2D eigenvalue weighted by atomic mass is 9.49. The standard InChI is InChI=1S/C29H40N2O/c1-18-8-10-22-20(16-18)9-11-24-23(22)14-15-29(3)25(24)12-13-26(29)28(32)17-31-27-7-5-4-6-21(27)19(2)30-31/h4-7,18,20,22-26H,8-17H2,1-3H3. The maximum absolute atomic E-state index is 13.7. The maximum Gasteiger partial charge on any atom is 0.157 e. The van der Waals surface area contributed by atoms with Crippen molar-refractivity contribution >= 4 is 16.7 Å². The molecule has 4 saturated carbocycles. The van der Waals surface area contributed by atoms with E-state index in [1.807, 2.05) is 4.68 Å². The van der Waals surface area contributed by atoms with Crippen LogP contribution in [0, 0.1) is 53.8 Å². The Morgan fingerprint density at radius 1 is 1.03 bits per heavy atom. The van der Waals surface area contributed by atoms with Crippen molar-refractivity contribution in [1.29, 1.82) is 0 Å². The Morgan fingerprint density at radius 3 is 2.72 bits per heavy atom. The summed E-state index contributed by atoms with van der Waals surface area (Å²) < 4.78 is 1.98. The van der Waals surface area contributed by atoms with E-state index in [-0.39, 0.29) is 11.3 Å². The Balaban J connectivity index is 1.21. The van der Waals surface area contributed by atoms with E-state index in [2.05, 4.69) is 45.0 Å². The predicted octanol–water partition coefficient (Wildman–Crippen LogP) is 6.82. The van der Waals surface area contributed by atoms with Crippen molar-refractivity contribution in [3.05, 3.63) is 30.0 Å². The number of carbonyl (C=O) groups is 1. The van der Waals surface area contributed by atoms with Gasteiger partial charge in [-0.1, -0.05) is 38.5 Å². The molecule has 0 spiro atoms. The molecule has 4 fully saturated rings. The third kappa shape index (κ3) is 3.13. The molecule has 0 bridgehead atoms. The van der Waals surface area contributed by atoms with Gasteiger partial charge in [0.05, 0.1) is 11.2 Å². The average molecular weight is 433 g/mol. The van der Waals surface area contributed by atoms with Gasteiger partial charge in [0, 0.05) is 11.3 Å². The number of rotatable bonds is 3. The highest BCUT2D eigenvalue weighted by molar-refractivity contribution is 5.86. The predicted molar refractivity (Wildman–Crippen MR) is 129 cm³/mol. The van der Waals surface area contributed by atoms with Crippen LogP contribution in [0.2, 0.25) is 0 Å². The minimum absolute atomic E-state index is 0.213. The van der Waals surface area contributed by atoms with Crippen LogP contribution < -0.4 is 0 Å². The van der Waals surface area contributed by atoms with Gasteiger partial charge in [0.25, 0.3) is 0 Å². The van der Waals surface area contributed by atoms with E-state index in [0.717, 1.165) is 53.1 Å². The number of benzene rings is 1. The SMILES string of the molecule is Cc1nn(CC(=O)C2CCC3C4CCC5CC(C)CCC5C4CCC23C)c2ccccc12. The third-order valence-electron chi connectivity index (χ3n) is 10.8. The second-order valence-electron chi connectivity index (χ2n) is 12.3. The Morgan fingerprint density at radius 2 is 1.84 bits per heavy atom. The molecule has 2 aromatic rings. The highest BCUT2D eigenvalue weighted by Crippen LogP contribution is 2.64. The highest BCUT2D eigenvalue weighted by Gasteiger charge is 2.58. The number of ketones is 1. The number of hydrogen-bond acceptors (Lipinski definition) is 2. The summed E-state index contributed by atoms with van der Waals surface area (Å²) in [7, 11) is 0. The lowest BCUT2D eigenvalue weighted by molar-refractivity contribution is -0.131. The van der Waals surface area contributed by atoms with Gasteiger partial charge in [-0.05, 0) is 105 Å². The number of aryl methyl sites for hydroxylation is 1. The smallest absolute Gasteiger partial charge is 0.157 e. The topological polar surface area (TPSA) is 34.9 Å². The number of carbonyl (C=O) groups excluding carboxylic acids is 1. The van der Waals surface area contributed by atoms with Crippen LogP contribution in [0.15, 0.2) is 24.3 Å². The number of aromatic nitrogens is 2. The van der Waals surface area contributed by atoms with E-state index >= 15 is 0 Å². The molecular weight excluding hydrogens is 392 g/mol. The molecule has 0 amide bonds. The summed E-state index contributed by atoms with van der Waals surface area (Å²) in [4.78, 5) is 13.7. The summed E-state index contributed by atoms with van der Waals surface area (Å²) in [6, 6.07) is 8.35.